The van der Waals surface area contributed by atoms with Crippen LogP contribution >= 0.6 is 0 Å². The van der Waals surface area contributed by atoms with E-state index in [0.29, 0.717) is 18.7 Å². The van der Waals surface area contributed by atoms with E-state index in [0.717, 1.165) is 17.5 Å². The Kier molecular flexibility index (Phi) is 5.76. The van der Waals surface area contributed by atoms with Crippen molar-refractivity contribution in [2.75, 3.05) is 18.4 Å². The number of benzene rings is 1. The fraction of sp³-hybridized carbons (Fsp3) is 0.364. The maximum Gasteiger partial charge on any atom is 0.327 e. The summed E-state index contributed by atoms with van der Waals surface area (Å²) in [7, 11) is 0. The van der Waals surface area contributed by atoms with Crippen LogP contribution in [0.15, 0.2) is 48.8 Å². The van der Waals surface area contributed by atoms with Gasteiger partial charge in [-0.2, -0.15) is 0 Å². The van der Waals surface area contributed by atoms with Crippen molar-refractivity contribution in [3.05, 3.63) is 59.9 Å². The first-order valence-electron chi connectivity index (χ1n) is 10.1. The van der Waals surface area contributed by atoms with Gasteiger partial charge < -0.3 is 15.5 Å². The molecule has 0 spiro atoms. The van der Waals surface area contributed by atoms with Crippen LogP contribution in [0, 0.1) is 6.92 Å². The van der Waals surface area contributed by atoms with Crippen molar-refractivity contribution in [3.8, 4) is 0 Å². The van der Waals surface area contributed by atoms with Crippen LogP contribution in [0.2, 0.25) is 0 Å². The zero-order valence-corrected chi connectivity index (χ0v) is 16.9. The molecule has 4 rings (SSSR count). The van der Waals surface area contributed by atoms with E-state index in [2.05, 4.69) is 15.6 Å². The van der Waals surface area contributed by atoms with Gasteiger partial charge >= 0.3 is 6.03 Å². The number of carbonyl (C=O) groups excluding carboxylic acids is 3. The quantitative estimate of drug-likeness (QED) is 0.790. The van der Waals surface area contributed by atoms with Gasteiger partial charge in [-0.15, -0.1) is 0 Å². The number of imide groups is 1. The third-order valence-corrected chi connectivity index (χ3v) is 5.57. The predicted molar refractivity (Wildman–Crippen MR) is 112 cm³/mol. The number of aryl methyl sites for hydroxylation is 1. The SMILES string of the molecule is Cc1ccc(NC(=O)CN2C(=O)N(Cc3ccncc3)C(=O)C3NCCCC32)cc1. The zero-order valence-electron chi connectivity index (χ0n) is 16.9. The fourth-order valence-corrected chi connectivity index (χ4v) is 4.01. The minimum absolute atomic E-state index is 0.102. The summed E-state index contributed by atoms with van der Waals surface area (Å²) in [6.07, 6.45) is 4.80. The summed E-state index contributed by atoms with van der Waals surface area (Å²) in [4.78, 5) is 45.7. The van der Waals surface area contributed by atoms with Crippen LogP contribution in [0.25, 0.3) is 0 Å². The van der Waals surface area contributed by atoms with Crippen LogP contribution in [-0.2, 0) is 16.1 Å². The van der Waals surface area contributed by atoms with E-state index in [4.69, 9.17) is 0 Å². The highest BCUT2D eigenvalue weighted by Gasteiger charge is 2.47. The lowest BCUT2D eigenvalue weighted by atomic mass is 9.93. The number of hydrogen-bond acceptors (Lipinski definition) is 5. The summed E-state index contributed by atoms with van der Waals surface area (Å²) in [6.45, 7) is 2.74. The molecule has 4 amide bonds. The lowest BCUT2D eigenvalue weighted by Crippen LogP contribution is -2.70. The molecule has 0 bridgehead atoms. The van der Waals surface area contributed by atoms with Gasteiger partial charge in [0.2, 0.25) is 11.8 Å². The Morgan fingerprint density at radius 3 is 2.63 bits per heavy atom. The number of pyridine rings is 1. The normalized spacial score (nSPS) is 21.4. The van der Waals surface area contributed by atoms with Crippen LogP contribution in [0.1, 0.15) is 24.0 Å². The van der Waals surface area contributed by atoms with Crippen molar-refractivity contribution in [1.29, 1.82) is 0 Å². The second-order valence-electron chi connectivity index (χ2n) is 7.75. The molecule has 3 heterocycles. The van der Waals surface area contributed by atoms with E-state index in [9.17, 15) is 14.4 Å². The fourth-order valence-electron chi connectivity index (χ4n) is 4.01. The topological polar surface area (TPSA) is 94.6 Å². The standard InChI is InChI=1S/C22H25N5O3/c1-15-4-6-17(7-5-15)25-19(28)14-26-18-3-2-10-24-20(18)21(29)27(22(26)30)13-16-8-11-23-12-9-16/h4-9,11-12,18,20,24H,2-3,10,13-14H2,1H3,(H,25,28). The molecule has 2 unspecified atom stereocenters. The maximum absolute atomic E-state index is 13.2. The molecule has 8 heteroatoms. The number of piperidine rings is 1. The van der Waals surface area contributed by atoms with Crippen LogP contribution < -0.4 is 10.6 Å². The highest BCUT2D eigenvalue weighted by Crippen LogP contribution is 2.26. The number of nitrogens with zero attached hydrogens (tertiary/aromatic N) is 3. The first-order valence-corrected chi connectivity index (χ1v) is 10.1. The second kappa shape index (κ2) is 8.62. The predicted octanol–water partition coefficient (Wildman–Crippen LogP) is 1.91. The Morgan fingerprint density at radius 1 is 1.17 bits per heavy atom. The first-order chi connectivity index (χ1) is 14.5. The van der Waals surface area contributed by atoms with E-state index in [1.807, 2.05) is 31.2 Å². The molecule has 1 aromatic heterocycles. The van der Waals surface area contributed by atoms with Gasteiger partial charge in [0.25, 0.3) is 0 Å². The molecule has 2 fully saturated rings. The summed E-state index contributed by atoms with van der Waals surface area (Å²) in [5.74, 6) is -0.522. The highest BCUT2D eigenvalue weighted by atomic mass is 16.2. The van der Waals surface area contributed by atoms with Crippen LogP contribution in [-0.4, -0.2) is 57.8 Å². The van der Waals surface area contributed by atoms with Crippen molar-refractivity contribution in [2.24, 2.45) is 0 Å². The molecule has 156 valence electrons. The van der Waals surface area contributed by atoms with Gasteiger partial charge in [-0.05, 0) is 56.1 Å². The number of amides is 4. The molecule has 2 aliphatic heterocycles. The molecule has 2 saturated heterocycles. The average Bonchev–Trinajstić information content (AvgIpc) is 2.76. The molecule has 2 atom stereocenters. The number of anilines is 1. The minimum Gasteiger partial charge on any atom is -0.325 e. The van der Waals surface area contributed by atoms with E-state index in [-0.39, 0.29) is 30.9 Å². The number of urea groups is 1. The molecule has 2 aromatic rings. The van der Waals surface area contributed by atoms with Crippen molar-refractivity contribution >= 4 is 23.5 Å². The summed E-state index contributed by atoms with van der Waals surface area (Å²) < 4.78 is 0. The summed E-state index contributed by atoms with van der Waals surface area (Å²) in [5.41, 5.74) is 2.59. The Hall–Kier alpha value is -3.26. The minimum atomic E-state index is -0.495. The number of nitrogens with one attached hydrogen (secondary N) is 2. The van der Waals surface area contributed by atoms with Gasteiger partial charge in [0, 0.05) is 18.1 Å². The average molecular weight is 407 g/mol. The summed E-state index contributed by atoms with van der Waals surface area (Å²) >= 11 is 0. The van der Waals surface area contributed by atoms with E-state index in [1.54, 1.807) is 24.5 Å². The largest absolute Gasteiger partial charge is 0.327 e. The van der Waals surface area contributed by atoms with Gasteiger partial charge in [-0.1, -0.05) is 17.7 Å². The van der Waals surface area contributed by atoms with Gasteiger partial charge in [0.1, 0.15) is 12.6 Å². The first kappa shape index (κ1) is 20.0. The number of rotatable bonds is 5. The Morgan fingerprint density at radius 2 is 1.90 bits per heavy atom. The smallest absolute Gasteiger partial charge is 0.325 e. The third kappa shape index (κ3) is 4.18. The van der Waals surface area contributed by atoms with Crippen LogP contribution in [0.5, 0.6) is 0 Å². The second-order valence-corrected chi connectivity index (χ2v) is 7.75. The maximum atomic E-state index is 13.2. The number of hydrogen-bond donors (Lipinski definition) is 2. The Balaban J connectivity index is 1.53. The summed E-state index contributed by atoms with van der Waals surface area (Å²) in [5, 5.41) is 6.08. The monoisotopic (exact) mass is 407 g/mol. The van der Waals surface area contributed by atoms with Crippen LogP contribution in [0.4, 0.5) is 10.5 Å². The molecule has 0 aliphatic carbocycles. The lowest BCUT2D eigenvalue weighted by molar-refractivity contribution is -0.138. The van der Waals surface area contributed by atoms with Gasteiger partial charge in [0.05, 0.1) is 12.6 Å². The lowest BCUT2D eigenvalue weighted by Gasteiger charge is -2.46. The van der Waals surface area contributed by atoms with Crippen molar-refractivity contribution in [2.45, 2.75) is 38.4 Å². The molecule has 30 heavy (non-hydrogen) atoms. The molecule has 0 radical (unpaired) electrons. The van der Waals surface area contributed by atoms with Crippen molar-refractivity contribution in [3.63, 3.8) is 0 Å². The Bertz CT molecular complexity index is 932. The Labute approximate surface area is 175 Å². The molecule has 8 nitrogen and oxygen atoms in total. The number of carbonyl (C=O) groups is 3. The molecule has 0 saturated carbocycles. The third-order valence-electron chi connectivity index (χ3n) is 5.57. The molecular formula is C22H25N5O3. The zero-order chi connectivity index (χ0) is 21.1. The van der Waals surface area contributed by atoms with Gasteiger partial charge in [0.15, 0.2) is 0 Å². The van der Waals surface area contributed by atoms with E-state index in [1.165, 1.54) is 9.80 Å². The molecular weight excluding hydrogens is 382 g/mol. The highest BCUT2D eigenvalue weighted by molar-refractivity contribution is 6.02. The van der Waals surface area contributed by atoms with Crippen molar-refractivity contribution in [1.82, 2.24) is 20.1 Å². The molecule has 2 aliphatic rings. The van der Waals surface area contributed by atoms with E-state index >= 15 is 0 Å². The van der Waals surface area contributed by atoms with E-state index < -0.39 is 12.1 Å². The van der Waals surface area contributed by atoms with Gasteiger partial charge in [-0.25, -0.2) is 4.79 Å². The van der Waals surface area contributed by atoms with Crippen molar-refractivity contribution < 1.29 is 14.4 Å². The van der Waals surface area contributed by atoms with Crippen LogP contribution in [0.3, 0.4) is 0 Å². The molecule has 2 N–H and O–H groups in total. The number of fused-ring (bicyclic) bond motifs is 1. The molecule has 1 aromatic carbocycles. The summed E-state index contributed by atoms with van der Waals surface area (Å²) in [6, 6.07) is 9.79. The van der Waals surface area contributed by atoms with Gasteiger partial charge in [-0.3, -0.25) is 19.5 Å². The number of aromatic nitrogens is 1.